The fourth-order valence-corrected chi connectivity index (χ4v) is 2.68. The number of carbonyl (C=O) groups is 1. The Hall–Kier alpha value is -1.96. The lowest BCUT2D eigenvalue weighted by Gasteiger charge is -2.08. The average Bonchev–Trinajstić information content (AvgIpc) is 2.92. The maximum Gasteiger partial charge on any atom is 0.416 e. The molecule has 1 aromatic heterocycles. The highest BCUT2D eigenvalue weighted by molar-refractivity contribution is 7.99. The topological polar surface area (TPSA) is 55.1 Å². The van der Waals surface area contributed by atoms with Gasteiger partial charge in [-0.3, -0.25) is 4.79 Å². The number of aromatic nitrogens is 1. The Morgan fingerprint density at radius 3 is 2.79 bits per heavy atom. The van der Waals surface area contributed by atoms with Gasteiger partial charge in [0.05, 0.1) is 11.3 Å². The van der Waals surface area contributed by atoms with Gasteiger partial charge in [0.2, 0.25) is 0 Å². The van der Waals surface area contributed by atoms with E-state index in [0.717, 1.165) is 23.6 Å². The van der Waals surface area contributed by atoms with E-state index < -0.39 is 17.6 Å². The minimum absolute atomic E-state index is 0.0410. The monoisotopic (exact) mass is 358 g/mol. The van der Waals surface area contributed by atoms with Crippen LogP contribution < -0.4 is 5.32 Å². The normalized spacial score (nSPS) is 11.5. The van der Waals surface area contributed by atoms with Crippen molar-refractivity contribution < 1.29 is 22.5 Å². The molecule has 0 aliphatic heterocycles. The molecule has 0 saturated heterocycles. The highest BCUT2D eigenvalue weighted by Crippen LogP contribution is 2.33. The van der Waals surface area contributed by atoms with E-state index in [2.05, 4.69) is 10.5 Å². The molecule has 0 spiro atoms. The van der Waals surface area contributed by atoms with Crippen molar-refractivity contribution in [1.82, 2.24) is 10.5 Å². The lowest BCUT2D eigenvalue weighted by atomic mass is 10.0. The van der Waals surface area contributed by atoms with Crippen LogP contribution in [-0.4, -0.2) is 29.1 Å². The number of amides is 1. The van der Waals surface area contributed by atoms with Gasteiger partial charge in [-0.1, -0.05) is 24.2 Å². The molecule has 8 heteroatoms. The fourth-order valence-electron chi connectivity index (χ4n) is 2.14. The predicted molar refractivity (Wildman–Crippen MR) is 87.0 cm³/mol. The third kappa shape index (κ3) is 4.31. The number of nitrogens with one attached hydrogen (secondary N) is 1. The second-order valence-corrected chi connectivity index (χ2v) is 6.40. The molecule has 0 aliphatic rings. The van der Waals surface area contributed by atoms with Crippen LogP contribution in [0, 0.1) is 6.92 Å². The van der Waals surface area contributed by atoms with Crippen molar-refractivity contribution in [3.63, 3.8) is 0 Å². The Morgan fingerprint density at radius 1 is 1.38 bits per heavy atom. The number of aryl methyl sites for hydroxylation is 1. The number of rotatable bonds is 6. The Balaban J connectivity index is 2.28. The molecule has 24 heavy (non-hydrogen) atoms. The van der Waals surface area contributed by atoms with Crippen LogP contribution in [0.25, 0.3) is 11.3 Å². The SMILES string of the molecule is CCSCCNC(=O)c1c(C)noc1-c1cccc(C(F)(F)F)c1. The van der Waals surface area contributed by atoms with Crippen LogP contribution >= 0.6 is 11.8 Å². The first kappa shape index (κ1) is 18.4. The van der Waals surface area contributed by atoms with Gasteiger partial charge in [0.25, 0.3) is 5.91 Å². The largest absolute Gasteiger partial charge is 0.416 e. The standard InChI is InChI=1S/C16H17F3N2O2S/c1-3-24-8-7-20-15(22)13-10(2)21-23-14(13)11-5-4-6-12(9-11)16(17,18)19/h4-6,9H,3,7-8H2,1-2H3,(H,20,22). The Morgan fingerprint density at radius 2 is 2.12 bits per heavy atom. The molecule has 0 bridgehead atoms. The first-order valence-electron chi connectivity index (χ1n) is 7.34. The maximum atomic E-state index is 12.9. The summed E-state index contributed by atoms with van der Waals surface area (Å²) in [6.45, 7) is 4.06. The van der Waals surface area contributed by atoms with Crippen LogP contribution in [0.4, 0.5) is 13.2 Å². The number of hydrogen-bond acceptors (Lipinski definition) is 4. The van der Waals surface area contributed by atoms with Gasteiger partial charge in [-0.2, -0.15) is 24.9 Å². The molecule has 1 heterocycles. The number of halogens is 3. The maximum absolute atomic E-state index is 12.9. The first-order valence-corrected chi connectivity index (χ1v) is 8.50. The summed E-state index contributed by atoms with van der Waals surface area (Å²) in [5.74, 6) is 1.33. The van der Waals surface area contributed by atoms with Crippen LogP contribution in [0.5, 0.6) is 0 Å². The third-order valence-electron chi connectivity index (χ3n) is 3.28. The van der Waals surface area contributed by atoms with E-state index in [9.17, 15) is 18.0 Å². The molecule has 2 aromatic rings. The van der Waals surface area contributed by atoms with Crippen LogP contribution in [0.2, 0.25) is 0 Å². The molecular weight excluding hydrogens is 341 g/mol. The van der Waals surface area contributed by atoms with E-state index in [0.29, 0.717) is 12.2 Å². The molecule has 0 saturated carbocycles. The summed E-state index contributed by atoms with van der Waals surface area (Å²) in [6.07, 6.45) is -4.47. The Labute approximate surface area is 141 Å². The van der Waals surface area contributed by atoms with Crippen molar-refractivity contribution in [1.29, 1.82) is 0 Å². The van der Waals surface area contributed by atoms with Crippen LogP contribution in [0.1, 0.15) is 28.5 Å². The van der Waals surface area contributed by atoms with Crippen molar-refractivity contribution in [3.05, 3.63) is 41.1 Å². The molecule has 1 aromatic carbocycles. The summed E-state index contributed by atoms with van der Waals surface area (Å²) >= 11 is 1.68. The second kappa shape index (κ2) is 7.74. The van der Waals surface area contributed by atoms with Crippen molar-refractivity contribution in [3.8, 4) is 11.3 Å². The summed E-state index contributed by atoms with van der Waals surface area (Å²) in [7, 11) is 0. The molecule has 4 nitrogen and oxygen atoms in total. The fraction of sp³-hybridized carbons (Fsp3) is 0.375. The van der Waals surface area contributed by atoms with E-state index in [1.807, 2.05) is 6.92 Å². The average molecular weight is 358 g/mol. The first-order chi connectivity index (χ1) is 11.3. The van der Waals surface area contributed by atoms with Crippen LogP contribution in [0.15, 0.2) is 28.8 Å². The zero-order chi connectivity index (χ0) is 17.7. The van der Waals surface area contributed by atoms with E-state index >= 15 is 0 Å². The van der Waals surface area contributed by atoms with E-state index in [-0.39, 0.29) is 16.9 Å². The van der Waals surface area contributed by atoms with E-state index in [1.54, 1.807) is 18.7 Å². The lowest BCUT2D eigenvalue weighted by molar-refractivity contribution is -0.137. The minimum atomic E-state index is -4.47. The zero-order valence-corrected chi connectivity index (χ0v) is 14.1. The van der Waals surface area contributed by atoms with Gasteiger partial charge in [-0.05, 0) is 24.8 Å². The van der Waals surface area contributed by atoms with Crippen LogP contribution in [-0.2, 0) is 6.18 Å². The summed E-state index contributed by atoms with van der Waals surface area (Å²) < 4.78 is 43.7. The van der Waals surface area contributed by atoms with E-state index in [4.69, 9.17) is 4.52 Å². The predicted octanol–water partition coefficient (Wildman–Crippen LogP) is 4.15. The van der Waals surface area contributed by atoms with Crippen molar-refractivity contribution in [2.75, 3.05) is 18.1 Å². The number of benzene rings is 1. The molecule has 0 atom stereocenters. The number of hydrogen-bond donors (Lipinski definition) is 1. The number of alkyl halides is 3. The molecule has 0 unspecified atom stereocenters. The number of nitrogens with zero attached hydrogens (tertiary/aromatic N) is 1. The minimum Gasteiger partial charge on any atom is -0.355 e. The van der Waals surface area contributed by atoms with Crippen molar-refractivity contribution in [2.45, 2.75) is 20.0 Å². The molecule has 130 valence electrons. The molecule has 0 aliphatic carbocycles. The van der Waals surface area contributed by atoms with E-state index in [1.165, 1.54) is 12.1 Å². The van der Waals surface area contributed by atoms with Gasteiger partial charge in [0, 0.05) is 17.9 Å². The second-order valence-electron chi connectivity index (χ2n) is 5.00. The molecule has 1 N–H and O–H groups in total. The van der Waals surface area contributed by atoms with Gasteiger partial charge >= 0.3 is 6.18 Å². The Kier molecular flexibility index (Phi) is 5.93. The molecule has 1 amide bonds. The lowest BCUT2D eigenvalue weighted by Crippen LogP contribution is -2.26. The van der Waals surface area contributed by atoms with Crippen molar-refractivity contribution in [2.24, 2.45) is 0 Å². The molecule has 0 fully saturated rings. The van der Waals surface area contributed by atoms with Gasteiger partial charge in [0.1, 0.15) is 5.56 Å². The summed E-state index contributed by atoms with van der Waals surface area (Å²) in [6, 6.07) is 4.65. The third-order valence-corrected chi connectivity index (χ3v) is 4.18. The summed E-state index contributed by atoms with van der Waals surface area (Å²) in [4.78, 5) is 12.3. The zero-order valence-electron chi connectivity index (χ0n) is 13.2. The van der Waals surface area contributed by atoms with Crippen LogP contribution in [0.3, 0.4) is 0 Å². The highest BCUT2D eigenvalue weighted by atomic mass is 32.2. The van der Waals surface area contributed by atoms with Crippen molar-refractivity contribution >= 4 is 17.7 Å². The van der Waals surface area contributed by atoms with Gasteiger partial charge in [0.15, 0.2) is 5.76 Å². The summed E-state index contributed by atoms with van der Waals surface area (Å²) in [5.41, 5.74) is -0.142. The van der Waals surface area contributed by atoms with Gasteiger partial charge in [-0.15, -0.1) is 0 Å². The quantitative estimate of drug-likeness (QED) is 0.788. The molecular formula is C16H17F3N2O2S. The number of thioether (sulfide) groups is 1. The number of carbonyl (C=O) groups excluding carboxylic acids is 1. The molecule has 0 radical (unpaired) electrons. The van der Waals surface area contributed by atoms with Gasteiger partial charge in [-0.25, -0.2) is 0 Å². The summed E-state index contributed by atoms with van der Waals surface area (Å²) in [5, 5.41) is 6.46. The smallest absolute Gasteiger partial charge is 0.355 e. The van der Waals surface area contributed by atoms with Gasteiger partial charge < -0.3 is 9.84 Å². The Bertz CT molecular complexity index is 714. The highest BCUT2D eigenvalue weighted by Gasteiger charge is 2.31. The molecule has 2 rings (SSSR count).